The van der Waals surface area contributed by atoms with E-state index in [4.69, 9.17) is 5.73 Å². The van der Waals surface area contributed by atoms with Crippen molar-refractivity contribution >= 4 is 17.5 Å². The van der Waals surface area contributed by atoms with Crippen LogP contribution in [-0.4, -0.2) is 29.8 Å². The summed E-state index contributed by atoms with van der Waals surface area (Å²) < 4.78 is 0. The Morgan fingerprint density at radius 1 is 1.08 bits per heavy atom. The number of hydrogen-bond donors (Lipinski definition) is 2. The summed E-state index contributed by atoms with van der Waals surface area (Å²) in [5.74, 6) is -0.604. The first-order valence-electron chi connectivity index (χ1n) is 9.00. The molecule has 2 aromatic rings. The number of carbonyl (C=O) groups excluding carboxylic acids is 2. The van der Waals surface area contributed by atoms with Crippen molar-refractivity contribution in [2.75, 3.05) is 18.4 Å². The molecule has 1 aliphatic heterocycles. The highest BCUT2D eigenvalue weighted by Gasteiger charge is 2.25. The first-order valence-corrected chi connectivity index (χ1v) is 9.00. The van der Waals surface area contributed by atoms with Gasteiger partial charge in [-0.1, -0.05) is 42.0 Å². The third-order valence-corrected chi connectivity index (χ3v) is 4.94. The molecule has 5 heteroatoms. The van der Waals surface area contributed by atoms with Crippen LogP contribution in [0.2, 0.25) is 0 Å². The molecule has 1 heterocycles. The molecule has 3 N–H and O–H groups in total. The van der Waals surface area contributed by atoms with Gasteiger partial charge in [0, 0.05) is 12.5 Å². The zero-order valence-electron chi connectivity index (χ0n) is 15.1. The molecule has 0 atom stereocenters. The summed E-state index contributed by atoms with van der Waals surface area (Å²) in [6.07, 6.45) is 1.63. The molecular weight excluding hydrogens is 326 g/mol. The minimum Gasteiger partial charge on any atom is -0.366 e. The highest BCUT2D eigenvalue weighted by atomic mass is 16.2. The van der Waals surface area contributed by atoms with Gasteiger partial charge in [0.05, 0.1) is 11.3 Å². The van der Waals surface area contributed by atoms with Crippen molar-refractivity contribution in [1.29, 1.82) is 0 Å². The van der Waals surface area contributed by atoms with Gasteiger partial charge in [-0.3, -0.25) is 14.5 Å². The standard InChI is InChI=1S/C21H25N3O2/c1-15-6-8-16(9-7-15)14-24-12-10-17(11-13-24)21(26)23-19-5-3-2-4-18(19)20(22)25/h2-9,17H,10-14H2,1H3,(H2,22,25)(H,23,26). The maximum Gasteiger partial charge on any atom is 0.250 e. The van der Waals surface area contributed by atoms with E-state index in [1.807, 2.05) is 0 Å². The zero-order valence-corrected chi connectivity index (χ0v) is 15.1. The van der Waals surface area contributed by atoms with E-state index >= 15 is 0 Å². The van der Waals surface area contributed by atoms with Crippen molar-refractivity contribution in [3.63, 3.8) is 0 Å². The van der Waals surface area contributed by atoms with Crippen LogP contribution < -0.4 is 11.1 Å². The monoisotopic (exact) mass is 351 g/mol. The first-order chi connectivity index (χ1) is 12.5. The van der Waals surface area contributed by atoms with Gasteiger partial charge < -0.3 is 11.1 Å². The highest BCUT2D eigenvalue weighted by molar-refractivity contribution is 6.03. The zero-order chi connectivity index (χ0) is 18.5. The summed E-state index contributed by atoms with van der Waals surface area (Å²) in [6, 6.07) is 15.4. The number of para-hydroxylation sites is 1. The van der Waals surface area contributed by atoms with Gasteiger partial charge in [0.25, 0.3) is 5.91 Å². The topological polar surface area (TPSA) is 75.4 Å². The van der Waals surface area contributed by atoms with Crippen LogP contribution in [-0.2, 0) is 11.3 Å². The van der Waals surface area contributed by atoms with Gasteiger partial charge in [0.1, 0.15) is 0 Å². The Bertz CT molecular complexity index is 778. The molecule has 0 aliphatic carbocycles. The molecule has 2 amide bonds. The van der Waals surface area contributed by atoms with Crippen LogP contribution in [0.25, 0.3) is 0 Å². The van der Waals surface area contributed by atoms with Gasteiger partial charge in [-0.25, -0.2) is 0 Å². The Labute approximate surface area is 154 Å². The van der Waals surface area contributed by atoms with E-state index in [2.05, 4.69) is 41.4 Å². The van der Waals surface area contributed by atoms with Crippen LogP contribution in [0, 0.1) is 12.8 Å². The van der Waals surface area contributed by atoms with Crippen LogP contribution in [0.4, 0.5) is 5.69 Å². The highest BCUT2D eigenvalue weighted by Crippen LogP contribution is 2.22. The van der Waals surface area contributed by atoms with E-state index in [0.717, 1.165) is 32.5 Å². The number of nitrogens with zero attached hydrogens (tertiary/aromatic N) is 1. The smallest absolute Gasteiger partial charge is 0.250 e. The average molecular weight is 351 g/mol. The number of likely N-dealkylation sites (tertiary alicyclic amines) is 1. The molecule has 0 saturated carbocycles. The van der Waals surface area contributed by atoms with E-state index < -0.39 is 5.91 Å². The van der Waals surface area contributed by atoms with Crippen molar-refractivity contribution in [3.05, 3.63) is 65.2 Å². The summed E-state index contributed by atoms with van der Waals surface area (Å²) >= 11 is 0. The van der Waals surface area contributed by atoms with Crippen molar-refractivity contribution < 1.29 is 9.59 Å². The molecular formula is C21H25N3O2. The fraction of sp³-hybridized carbons (Fsp3) is 0.333. The number of aryl methyl sites for hydroxylation is 1. The van der Waals surface area contributed by atoms with E-state index in [9.17, 15) is 9.59 Å². The summed E-state index contributed by atoms with van der Waals surface area (Å²) in [6.45, 7) is 4.79. The van der Waals surface area contributed by atoms with Crippen LogP contribution in [0.5, 0.6) is 0 Å². The number of amides is 2. The normalized spacial score (nSPS) is 15.6. The average Bonchev–Trinajstić information content (AvgIpc) is 2.64. The van der Waals surface area contributed by atoms with E-state index in [0.29, 0.717) is 11.3 Å². The fourth-order valence-electron chi connectivity index (χ4n) is 3.35. The predicted octanol–water partition coefficient (Wildman–Crippen LogP) is 2.94. The van der Waals surface area contributed by atoms with Gasteiger partial charge >= 0.3 is 0 Å². The number of nitrogens with one attached hydrogen (secondary N) is 1. The van der Waals surface area contributed by atoms with Gasteiger partial charge in [0.15, 0.2) is 0 Å². The lowest BCUT2D eigenvalue weighted by Gasteiger charge is -2.31. The molecule has 0 radical (unpaired) electrons. The molecule has 0 bridgehead atoms. The molecule has 1 saturated heterocycles. The number of benzene rings is 2. The number of nitrogens with two attached hydrogens (primary N) is 1. The number of hydrogen-bond acceptors (Lipinski definition) is 3. The molecule has 5 nitrogen and oxygen atoms in total. The van der Waals surface area contributed by atoms with E-state index in [1.165, 1.54) is 11.1 Å². The number of anilines is 1. The molecule has 26 heavy (non-hydrogen) atoms. The summed E-state index contributed by atoms with van der Waals surface area (Å²) in [4.78, 5) is 26.4. The maximum absolute atomic E-state index is 12.6. The second-order valence-corrected chi connectivity index (χ2v) is 6.94. The predicted molar refractivity (Wildman–Crippen MR) is 103 cm³/mol. The van der Waals surface area contributed by atoms with Crippen molar-refractivity contribution in [1.82, 2.24) is 4.90 Å². The lowest BCUT2D eigenvalue weighted by molar-refractivity contribution is -0.121. The second kappa shape index (κ2) is 8.15. The molecule has 136 valence electrons. The SMILES string of the molecule is Cc1ccc(CN2CCC(C(=O)Nc3ccccc3C(N)=O)CC2)cc1. The molecule has 3 rings (SSSR count). The van der Waals surface area contributed by atoms with E-state index in [-0.39, 0.29) is 11.8 Å². The Balaban J connectivity index is 1.54. The Morgan fingerprint density at radius 3 is 2.38 bits per heavy atom. The first kappa shape index (κ1) is 18.1. The van der Waals surface area contributed by atoms with Crippen LogP contribution >= 0.6 is 0 Å². The van der Waals surface area contributed by atoms with Gasteiger partial charge in [-0.2, -0.15) is 0 Å². The maximum atomic E-state index is 12.6. The van der Waals surface area contributed by atoms with Crippen molar-refractivity contribution in [2.24, 2.45) is 11.7 Å². The number of primary amides is 1. The van der Waals surface area contributed by atoms with Crippen LogP contribution in [0.3, 0.4) is 0 Å². The van der Waals surface area contributed by atoms with Gasteiger partial charge in [0.2, 0.25) is 5.91 Å². The second-order valence-electron chi connectivity index (χ2n) is 6.94. The van der Waals surface area contributed by atoms with Gasteiger partial charge in [-0.05, 0) is 50.6 Å². The number of carbonyl (C=O) groups is 2. The molecule has 0 spiro atoms. The van der Waals surface area contributed by atoms with E-state index in [1.54, 1.807) is 24.3 Å². The molecule has 1 aliphatic rings. The molecule has 2 aromatic carbocycles. The Hall–Kier alpha value is -2.66. The third-order valence-electron chi connectivity index (χ3n) is 4.94. The lowest BCUT2D eigenvalue weighted by atomic mass is 9.95. The summed E-state index contributed by atoms with van der Waals surface area (Å²) in [5.41, 5.74) is 8.77. The quantitative estimate of drug-likeness (QED) is 0.870. The van der Waals surface area contributed by atoms with Crippen molar-refractivity contribution in [3.8, 4) is 0 Å². The summed E-state index contributed by atoms with van der Waals surface area (Å²) in [7, 11) is 0. The number of piperidine rings is 1. The fourth-order valence-corrected chi connectivity index (χ4v) is 3.35. The van der Waals surface area contributed by atoms with Crippen LogP contribution in [0.1, 0.15) is 34.3 Å². The third kappa shape index (κ3) is 4.49. The van der Waals surface area contributed by atoms with Crippen LogP contribution in [0.15, 0.2) is 48.5 Å². The Morgan fingerprint density at radius 2 is 1.73 bits per heavy atom. The molecule has 0 unspecified atom stereocenters. The largest absolute Gasteiger partial charge is 0.366 e. The lowest BCUT2D eigenvalue weighted by Crippen LogP contribution is -2.38. The minimum atomic E-state index is -0.534. The molecule has 1 fully saturated rings. The summed E-state index contributed by atoms with van der Waals surface area (Å²) in [5, 5.41) is 2.87. The van der Waals surface area contributed by atoms with Crippen molar-refractivity contribution in [2.45, 2.75) is 26.3 Å². The minimum absolute atomic E-state index is 0.0336. The van der Waals surface area contributed by atoms with Gasteiger partial charge in [-0.15, -0.1) is 0 Å². The number of rotatable bonds is 5. The molecule has 0 aromatic heterocycles. The Kier molecular flexibility index (Phi) is 5.68.